The van der Waals surface area contributed by atoms with Crippen molar-refractivity contribution in [1.82, 2.24) is 10.2 Å². The van der Waals surface area contributed by atoms with Crippen LogP contribution in [0.3, 0.4) is 0 Å². The quantitative estimate of drug-likeness (QED) is 0.764. The van der Waals surface area contributed by atoms with Crippen molar-refractivity contribution >= 4 is 5.91 Å². The monoisotopic (exact) mass is 226 g/mol. The molecular weight excluding hydrogens is 204 g/mol. The molecule has 2 fully saturated rings. The highest BCUT2D eigenvalue weighted by molar-refractivity contribution is 5.78. The second-order valence-electron chi connectivity index (χ2n) is 4.77. The molecule has 2 aliphatic heterocycles. The maximum absolute atomic E-state index is 11.7. The van der Waals surface area contributed by atoms with E-state index in [2.05, 4.69) is 5.32 Å². The maximum Gasteiger partial charge on any atom is 0.236 e. The van der Waals surface area contributed by atoms with E-state index < -0.39 is 0 Å². The minimum absolute atomic E-state index is 0.268. The van der Waals surface area contributed by atoms with Crippen LogP contribution in [0.15, 0.2) is 0 Å². The van der Waals surface area contributed by atoms with Gasteiger partial charge in [-0.2, -0.15) is 0 Å². The summed E-state index contributed by atoms with van der Waals surface area (Å²) in [6.07, 6.45) is 4.60. The van der Waals surface area contributed by atoms with Gasteiger partial charge in [-0.3, -0.25) is 4.79 Å². The number of ether oxygens (including phenoxy) is 1. The Morgan fingerprint density at radius 3 is 2.62 bits per heavy atom. The fraction of sp³-hybridized carbons (Fsp3) is 0.917. The van der Waals surface area contributed by atoms with Crippen molar-refractivity contribution < 1.29 is 9.53 Å². The van der Waals surface area contributed by atoms with Crippen molar-refractivity contribution in [2.24, 2.45) is 5.92 Å². The summed E-state index contributed by atoms with van der Waals surface area (Å²) in [6, 6.07) is 0. The normalized spacial score (nSPS) is 22.6. The third kappa shape index (κ3) is 3.46. The molecule has 0 aromatic carbocycles. The number of hydrogen-bond acceptors (Lipinski definition) is 3. The van der Waals surface area contributed by atoms with Crippen LogP contribution in [-0.2, 0) is 9.53 Å². The van der Waals surface area contributed by atoms with Crippen LogP contribution in [0, 0.1) is 5.92 Å². The van der Waals surface area contributed by atoms with E-state index in [9.17, 15) is 4.79 Å². The molecule has 4 nitrogen and oxygen atoms in total. The van der Waals surface area contributed by atoms with E-state index >= 15 is 0 Å². The number of rotatable bonds is 4. The molecule has 2 saturated heterocycles. The number of nitrogens with one attached hydrogen (secondary N) is 1. The second kappa shape index (κ2) is 6.21. The zero-order valence-electron chi connectivity index (χ0n) is 9.91. The van der Waals surface area contributed by atoms with E-state index in [0.717, 1.165) is 45.7 Å². The first-order valence-electron chi connectivity index (χ1n) is 6.42. The number of carbonyl (C=O) groups is 1. The van der Waals surface area contributed by atoms with E-state index in [4.69, 9.17) is 4.74 Å². The molecule has 1 N–H and O–H groups in total. The Morgan fingerprint density at radius 2 is 1.94 bits per heavy atom. The molecule has 0 radical (unpaired) electrons. The number of nitrogens with zero attached hydrogens (tertiary/aromatic N) is 1. The van der Waals surface area contributed by atoms with E-state index in [1.54, 1.807) is 0 Å². The van der Waals surface area contributed by atoms with Crippen molar-refractivity contribution in [1.29, 1.82) is 0 Å². The second-order valence-corrected chi connectivity index (χ2v) is 4.77. The van der Waals surface area contributed by atoms with Gasteiger partial charge in [0.2, 0.25) is 5.91 Å². The van der Waals surface area contributed by atoms with Crippen LogP contribution in [0.1, 0.15) is 25.7 Å². The van der Waals surface area contributed by atoms with Gasteiger partial charge in [0.15, 0.2) is 0 Å². The third-order valence-electron chi connectivity index (χ3n) is 3.51. The summed E-state index contributed by atoms with van der Waals surface area (Å²) >= 11 is 0. The van der Waals surface area contributed by atoms with Crippen LogP contribution < -0.4 is 5.32 Å². The van der Waals surface area contributed by atoms with Crippen molar-refractivity contribution in [2.45, 2.75) is 25.7 Å². The standard InChI is InChI=1S/C12H22N2O2/c15-12(14-5-1-2-6-14)10-13-9-11-3-7-16-8-4-11/h11,13H,1-10H2. The van der Waals surface area contributed by atoms with Crippen molar-refractivity contribution in [3.63, 3.8) is 0 Å². The molecule has 2 heterocycles. The Balaban J connectivity index is 1.57. The molecule has 4 heteroatoms. The van der Waals surface area contributed by atoms with Crippen LogP contribution >= 0.6 is 0 Å². The number of hydrogen-bond donors (Lipinski definition) is 1. The lowest BCUT2D eigenvalue weighted by Gasteiger charge is -2.23. The third-order valence-corrected chi connectivity index (χ3v) is 3.51. The van der Waals surface area contributed by atoms with Gasteiger partial charge in [0.05, 0.1) is 6.54 Å². The van der Waals surface area contributed by atoms with Crippen molar-refractivity contribution in [2.75, 3.05) is 39.4 Å². The molecule has 0 aromatic heterocycles. The van der Waals surface area contributed by atoms with E-state index in [1.165, 1.54) is 12.8 Å². The first kappa shape index (κ1) is 11.9. The summed E-state index contributed by atoms with van der Waals surface area (Å²) in [5.74, 6) is 0.963. The Morgan fingerprint density at radius 1 is 1.25 bits per heavy atom. The lowest BCUT2D eigenvalue weighted by atomic mass is 10.0. The van der Waals surface area contributed by atoms with Gasteiger partial charge in [0.25, 0.3) is 0 Å². The molecule has 0 aliphatic carbocycles. The summed E-state index contributed by atoms with van der Waals surface area (Å²) in [6.45, 7) is 5.15. The summed E-state index contributed by atoms with van der Waals surface area (Å²) in [5.41, 5.74) is 0. The molecule has 1 amide bonds. The minimum Gasteiger partial charge on any atom is -0.381 e. The summed E-state index contributed by atoms with van der Waals surface area (Å²) in [7, 11) is 0. The lowest BCUT2D eigenvalue weighted by Crippen LogP contribution is -2.38. The summed E-state index contributed by atoms with van der Waals surface area (Å²) < 4.78 is 5.31. The molecule has 16 heavy (non-hydrogen) atoms. The minimum atomic E-state index is 0.268. The van der Waals surface area contributed by atoms with Crippen LogP contribution in [0.25, 0.3) is 0 Å². The SMILES string of the molecule is O=C(CNCC1CCOCC1)N1CCCC1. The van der Waals surface area contributed by atoms with Gasteiger partial charge in [-0.05, 0) is 38.1 Å². The lowest BCUT2D eigenvalue weighted by molar-refractivity contribution is -0.129. The molecule has 0 spiro atoms. The first-order chi connectivity index (χ1) is 7.86. The van der Waals surface area contributed by atoms with Gasteiger partial charge < -0.3 is 15.0 Å². The van der Waals surface area contributed by atoms with E-state index in [1.807, 2.05) is 4.90 Å². The van der Waals surface area contributed by atoms with Crippen LogP contribution in [-0.4, -0.2) is 50.2 Å². The van der Waals surface area contributed by atoms with Crippen LogP contribution in [0.2, 0.25) is 0 Å². The topological polar surface area (TPSA) is 41.6 Å². The molecule has 0 saturated carbocycles. The number of likely N-dealkylation sites (tertiary alicyclic amines) is 1. The largest absolute Gasteiger partial charge is 0.381 e. The van der Waals surface area contributed by atoms with Gasteiger partial charge in [0, 0.05) is 26.3 Å². The molecule has 0 unspecified atom stereocenters. The van der Waals surface area contributed by atoms with E-state index in [0.29, 0.717) is 12.5 Å². The summed E-state index contributed by atoms with van der Waals surface area (Å²) in [5, 5.41) is 3.28. The Labute approximate surface area is 97.3 Å². The zero-order chi connectivity index (χ0) is 11.2. The predicted molar refractivity (Wildman–Crippen MR) is 62.2 cm³/mol. The van der Waals surface area contributed by atoms with Crippen molar-refractivity contribution in [3.05, 3.63) is 0 Å². The van der Waals surface area contributed by atoms with E-state index in [-0.39, 0.29) is 5.91 Å². The molecule has 2 aliphatic rings. The van der Waals surface area contributed by atoms with Gasteiger partial charge in [-0.25, -0.2) is 0 Å². The highest BCUT2D eigenvalue weighted by Gasteiger charge is 2.18. The van der Waals surface area contributed by atoms with Gasteiger partial charge in [0.1, 0.15) is 0 Å². The smallest absolute Gasteiger partial charge is 0.236 e. The van der Waals surface area contributed by atoms with Crippen LogP contribution in [0.4, 0.5) is 0 Å². The molecule has 92 valence electrons. The van der Waals surface area contributed by atoms with Gasteiger partial charge >= 0.3 is 0 Å². The Kier molecular flexibility index (Phi) is 4.60. The average Bonchev–Trinajstić information content (AvgIpc) is 2.84. The van der Waals surface area contributed by atoms with Crippen molar-refractivity contribution in [3.8, 4) is 0 Å². The van der Waals surface area contributed by atoms with Gasteiger partial charge in [-0.1, -0.05) is 0 Å². The van der Waals surface area contributed by atoms with Crippen LogP contribution in [0.5, 0.6) is 0 Å². The average molecular weight is 226 g/mol. The molecule has 2 rings (SSSR count). The number of amides is 1. The fourth-order valence-corrected chi connectivity index (χ4v) is 2.41. The Hall–Kier alpha value is -0.610. The maximum atomic E-state index is 11.7. The molecule has 0 aromatic rings. The first-order valence-corrected chi connectivity index (χ1v) is 6.42. The zero-order valence-corrected chi connectivity index (χ0v) is 9.91. The highest BCUT2D eigenvalue weighted by atomic mass is 16.5. The molecule has 0 atom stereocenters. The fourth-order valence-electron chi connectivity index (χ4n) is 2.41. The molecular formula is C12H22N2O2. The molecule has 0 bridgehead atoms. The number of carbonyl (C=O) groups excluding carboxylic acids is 1. The predicted octanol–water partition coefficient (Wildman–Crippen LogP) is 0.625. The highest BCUT2D eigenvalue weighted by Crippen LogP contribution is 2.13. The van der Waals surface area contributed by atoms with Gasteiger partial charge in [-0.15, -0.1) is 0 Å². The summed E-state index contributed by atoms with van der Waals surface area (Å²) in [4.78, 5) is 13.7. The Bertz CT molecular complexity index is 221.